The summed E-state index contributed by atoms with van der Waals surface area (Å²) < 4.78 is 45.9. The Balaban J connectivity index is 1.80. The number of alkyl halides is 3. The first-order valence-corrected chi connectivity index (χ1v) is 13.5. The topological polar surface area (TPSA) is 118 Å². The third-order valence-corrected chi connectivity index (χ3v) is 7.27. The quantitative estimate of drug-likeness (QED) is 0.396. The van der Waals surface area contributed by atoms with Gasteiger partial charge in [0.2, 0.25) is 0 Å². The minimum atomic E-state index is -5.23. The molecule has 1 N–H and O–H groups in total. The molecule has 4 rings (SSSR count). The first kappa shape index (κ1) is 31.3. The number of fused-ring (bicyclic) bond motifs is 2. The second kappa shape index (κ2) is 11.6. The Hall–Kier alpha value is -4.60. The number of nitrogens with one attached hydrogen (secondary N) is 1. The molecule has 0 atom stereocenters. The van der Waals surface area contributed by atoms with Crippen LogP contribution in [0.5, 0.6) is 5.75 Å². The van der Waals surface area contributed by atoms with Gasteiger partial charge in [-0.25, -0.2) is 0 Å². The van der Waals surface area contributed by atoms with Crippen LogP contribution in [-0.2, 0) is 16.8 Å². The zero-order valence-electron chi connectivity index (χ0n) is 24.8. The van der Waals surface area contributed by atoms with Crippen LogP contribution in [0.1, 0.15) is 58.2 Å². The van der Waals surface area contributed by atoms with Crippen molar-refractivity contribution >= 4 is 34.8 Å². The van der Waals surface area contributed by atoms with Gasteiger partial charge >= 0.3 is 12.1 Å². The maximum atomic E-state index is 13.8. The summed E-state index contributed by atoms with van der Waals surface area (Å²) in [5.74, 6) is -3.00. The number of amidine groups is 1. The van der Waals surface area contributed by atoms with E-state index in [1.165, 1.54) is 18.0 Å². The van der Waals surface area contributed by atoms with Crippen molar-refractivity contribution in [3.8, 4) is 11.8 Å². The van der Waals surface area contributed by atoms with Crippen molar-refractivity contribution in [3.05, 3.63) is 52.1 Å². The lowest BCUT2D eigenvalue weighted by atomic mass is 9.84. The smallest absolute Gasteiger partial charge is 0.473 e. The van der Waals surface area contributed by atoms with Gasteiger partial charge in [0.1, 0.15) is 24.7 Å². The molecular weight excluding hydrogens is 565 g/mol. The molecule has 0 fully saturated rings. The fourth-order valence-electron chi connectivity index (χ4n) is 5.14. The highest BCUT2D eigenvalue weighted by molar-refractivity contribution is 6.13. The molecule has 0 radical (unpaired) electrons. The van der Waals surface area contributed by atoms with Crippen LogP contribution in [0, 0.1) is 11.3 Å². The van der Waals surface area contributed by atoms with Gasteiger partial charge in [0.25, 0.3) is 5.91 Å². The average Bonchev–Trinajstić information content (AvgIpc) is 3.25. The Morgan fingerprint density at radius 1 is 1.12 bits per heavy atom. The van der Waals surface area contributed by atoms with Crippen molar-refractivity contribution in [3.63, 3.8) is 0 Å². The first-order chi connectivity index (χ1) is 20.1. The van der Waals surface area contributed by atoms with Crippen LogP contribution in [0.2, 0.25) is 0 Å². The summed E-state index contributed by atoms with van der Waals surface area (Å²) in [6, 6.07) is 8.49. The zero-order chi connectivity index (χ0) is 31.9. The van der Waals surface area contributed by atoms with Gasteiger partial charge in [-0.05, 0) is 35.2 Å². The van der Waals surface area contributed by atoms with E-state index in [2.05, 4.69) is 16.4 Å². The Labute approximate surface area is 247 Å². The summed E-state index contributed by atoms with van der Waals surface area (Å²) in [6.07, 6.45) is -5.23. The van der Waals surface area contributed by atoms with Crippen LogP contribution in [0.25, 0.3) is 0 Å². The van der Waals surface area contributed by atoms with Gasteiger partial charge in [0.05, 0.1) is 30.4 Å². The highest BCUT2D eigenvalue weighted by Gasteiger charge is 2.41. The van der Waals surface area contributed by atoms with Crippen LogP contribution < -0.4 is 19.9 Å². The molecule has 228 valence electrons. The minimum Gasteiger partial charge on any atom is -0.489 e. The lowest BCUT2D eigenvalue weighted by Crippen LogP contribution is -2.35. The molecule has 0 bridgehead atoms. The number of ketones is 1. The second-order valence-corrected chi connectivity index (χ2v) is 11.6. The summed E-state index contributed by atoms with van der Waals surface area (Å²) in [4.78, 5) is 46.7. The normalized spacial score (nSPS) is 15.4. The number of ether oxygens (including phenoxy) is 1. The molecule has 2 aliphatic rings. The molecule has 0 unspecified atom stereocenters. The Bertz CT molecular complexity index is 1550. The van der Waals surface area contributed by atoms with Crippen molar-refractivity contribution < 1.29 is 32.3 Å². The number of Topliss-reactive ketones (excluding diaryl/α,β-unsaturated/α-hetero) is 1. The molecule has 2 aromatic rings. The SMILES string of the molecule is CNC(=O)c1cc2c(cc1N(C)C)CN(CC(=O)c1cc3c(c(C(C)(C)C)c1)OCCN3CC#N)/C2=N\C(=O)C(F)(F)F. The number of benzene rings is 2. The number of amides is 2. The lowest BCUT2D eigenvalue weighted by molar-refractivity contribution is -0.169. The molecule has 2 heterocycles. The monoisotopic (exact) mass is 598 g/mol. The van der Waals surface area contributed by atoms with Gasteiger partial charge in [-0.15, -0.1) is 0 Å². The standard InChI is InChI=1S/C30H33F3N6O4/c1-29(2,3)21-11-17(12-23-25(21)43-10-9-38(23)8-7-34)24(40)16-39-15-18-13-22(37(5)6)20(27(41)35-4)14-19(18)26(39)36-28(42)30(31,32)33/h11-14H,8-10,15-16H2,1-6H3,(H,35,41)/b36-26-. The van der Waals surface area contributed by atoms with Crippen molar-refractivity contribution in [1.29, 1.82) is 5.26 Å². The highest BCUT2D eigenvalue weighted by atomic mass is 19.4. The molecule has 0 saturated carbocycles. The minimum absolute atomic E-state index is 0.0132. The predicted octanol–water partition coefficient (Wildman–Crippen LogP) is 3.67. The van der Waals surface area contributed by atoms with E-state index in [0.29, 0.717) is 35.8 Å². The maximum Gasteiger partial charge on any atom is 0.473 e. The van der Waals surface area contributed by atoms with Crippen LogP contribution >= 0.6 is 0 Å². The van der Waals surface area contributed by atoms with Crippen LogP contribution in [0.3, 0.4) is 0 Å². The van der Waals surface area contributed by atoms with E-state index in [4.69, 9.17) is 4.74 Å². The molecule has 0 aliphatic carbocycles. The molecule has 0 aromatic heterocycles. The van der Waals surface area contributed by atoms with Crippen molar-refractivity contribution in [1.82, 2.24) is 10.2 Å². The third kappa shape index (κ3) is 6.28. The van der Waals surface area contributed by atoms with E-state index >= 15 is 0 Å². The molecular formula is C30H33F3N6O4. The number of carbonyl (C=O) groups excluding carboxylic acids is 3. The molecule has 2 aliphatic heterocycles. The molecule has 2 amide bonds. The highest BCUT2D eigenvalue weighted by Crippen LogP contribution is 2.42. The Kier molecular flexibility index (Phi) is 8.44. The number of carbonyl (C=O) groups is 3. The molecule has 43 heavy (non-hydrogen) atoms. The van der Waals surface area contributed by atoms with Crippen molar-refractivity contribution in [2.75, 3.05) is 57.2 Å². The number of hydrogen-bond donors (Lipinski definition) is 1. The average molecular weight is 599 g/mol. The van der Waals surface area contributed by atoms with Gasteiger partial charge in [-0.3, -0.25) is 14.4 Å². The molecule has 10 nitrogen and oxygen atoms in total. The Morgan fingerprint density at radius 3 is 2.40 bits per heavy atom. The van der Waals surface area contributed by atoms with E-state index in [0.717, 1.165) is 5.56 Å². The van der Waals surface area contributed by atoms with Gasteiger partial charge in [-0.1, -0.05) is 20.8 Å². The fraction of sp³-hybridized carbons (Fsp3) is 0.433. The predicted molar refractivity (Wildman–Crippen MR) is 155 cm³/mol. The van der Waals surface area contributed by atoms with E-state index in [1.807, 2.05) is 25.7 Å². The van der Waals surface area contributed by atoms with Gasteiger partial charge in [-0.2, -0.15) is 23.4 Å². The summed E-state index contributed by atoms with van der Waals surface area (Å²) in [5, 5.41) is 11.9. The second-order valence-electron chi connectivity index (χ2n) is 11.6. The third-order valence-electron chi connectivity index (χ3n) is 7.27. The number of hydrogen-bond acceptors (Lipinski definition) is 7. The number of nitriles is 1. The number of nitrogens with zero attached hydrogens (tertiary/aromatic N) is 5. The van der Waals surface area contributed by atoms with Crippen molar-refractivity contribution in [2.45, 2.75) is 38.9 Å². The lowest BCUT2D eigenvalue weighted by Gasteiger charge is -2.34. The number of rotatable bonds is 6. The van der Waals surface area contributed by atoms with E-state index in [9.17, 15) is 32.8 Å². The van der Waals surface area contributed by atoms with Gasteiger partial charge in [0.15, 0.2) is 5.78 Å². The largest absolute Gasteiger partial charge is 0.489 e. The summed E-state index contributed by atoms with van der Waals surface area (Å²) in [7, 11) is 4.86. The maximum absolute atomic E-state index is 13.8. The molecule has 13 heteroatoms. The van der Waals surface area contributed by atoms with Gasteiger partial charge in [0, 0.05) is 50.1 Å². The van der Waals surface area contributed by atoms with E-state index < -0.39 is 35.7 Å². The number of aliphatic imine (C=N–C) groups is 1. The van der Waals surface area contributed by atoms with E-state index in [1.54, 1.807) is 37.2 Å². The van der Waals surface area contributed by atoms with Crippen LogP contribution in [0.15, 0.2) is 29.3 Å². The fourth-order valence-corrected chi connectivity index (χ4v) is 5.14. The first-order valence-electron chi connectivity index (χ1n) is 13.5. The zero-order valence-corrected chi connectivity index (χ0v) is 24.8. The number of anilines is 2. The van der Waals surface area contributed by atoms with E-state index in [-0.39, 0.29) is 35.6 Å². The summed E-state index contributed by atoms with van der Waals surface area (Å²) >= 11 is 0. The van der Waals surface area contributed by atoms with Crippen LogP contribution in [-0.4, -0.2) is 81.9 Å². The molecule has 0 spiro atoms. The Morgan fingerprint density at radius 2 is 1.81 bits per heavy atom. The molecule has 0 saturated heterocycles. The summed E-state index contributed by atoms with van der Waals surface area (Å²) in [6.45, 7) is 6.37. The van der Waals surface area contributed by atoms with Gasteiger partial charge < -0.3 is 24.8 Å². The summed E-state index contributed by atoms with van der Waals surface area (Å²) in [5.41, 5.74) is 2.51. The number of halogens is 3. The van der Waals surface area contributed by atoms with Crippen LogP contribution in [0.4, 0.5) is 24.5 Å². The van der Waals surface area contributed by atoms with Crippen molar-refractivity contribution in [2.24, 2.45) is 4.99 Å². The molecule has 2 aromatic carbocycles.